The molecule has 3 atom stereocenters. The summed E-state index contributed by atoms with van der Waals surface area (Å²) in [5.74, 6) is -0.794. The lowest BCUT2D eigenvalue weighted by molar-refractivity contribution is -0.142. The molecule has 0 radical (unpaired) electrons. The van der Waals surface area contributed by atoms with Crippen molar-refractivity contribution in [2.75, 3.05) is 0 Å². The number of rotatable bonds is 5. The van der Waals surface area contributed by atoms with Crippen LogP contribution in [0.15, 0.2) is 0 Å². The van der Waals surface area contributed by atoms with Gasteiger partial charge in [0.1, 0.15) is 0 Å². The van der Waals surface area contributed by atoms with Crippen LogP contribution in [0.1, 0.15) is 46.0 Å². The Morgan fingerprint density at radius 3 is 2.86 bits per heavy atom. The first-order valence-electron chi connectivity index (χ1n) is 5.64. The molecule has 0 aromatic carbocycles. The molecule has 3 heteroatoms. The predicted molar refractivity (Wildman–Crippen MR) is 56.3 cm³/mol. The van der Waals surface area contributed by atoms with Crippen molar-refractivity contribution >= 4 is 5.97 Å². The monoisotopic (exact) mass is 199 g/mol. The molecule has 1 fully saturated rings. The molecule has 0 saturated heterocycles. The highest BCUT2D eigenvalue weighted by molar-refractivity contribution is 5.71. The fourth-order valence-corrected chi connectivity index (χ4v) is 2.34. The zero-order valence-electron chi connectivity index (χ0n) is 9.12. The van der Waals surface area contributed by atoms with Gasteiger partial charge in [-0.15, -0.1) is 0 Å². The standard InChI is InChI=1S/C11H21NO2/c1-3-5-8(2)12-10-7-4-6-9(10)11(13)14/h8-10,12H,3-7H2,1-2H3,(H,13,14). The molecule has 14 heavy (non-hydrogen) atoms. The van der Waals surface area contributed by atoms with Gasteiger partial charge in [-0.05, 0) is 26.2 Å². The van der Waals surface area contributed by atoms with E-state index in [0.29, 0.717) is 6.04 Å². The van der Waals surface area contributed by atoms with E-state index in [1.54, 1.807) is 0 Å². The number of hydrogen-bond donors (Lipinski definition) is 2. The Labute approximate surface area is 85.9 Å². The lowest BCUT2D eigenvalue weighted by Crippen LogP contribution is -2.41. The van der Waals surface area contributed by atoms with Crippen LogP contribution >= 0.6 is 0 Å². The maximum absolute atomic E-state index is 10.9. The topological polar surface area (TPSA) is 49.3 Å². The minimum Gasteiger partial charge on any atom is -0.481 e. The van der Waals surface area contributed by atoms with Crippen molar-refractivity contribution in [3.8, 4) is 0 Å². The van der Waals surface area contributed by atoms with Gasteiger partial charge < -0.3 is 10.4 Å². The third-order valence-corrected chi connectivity index (χ3v) is 3.05. The molecule has 1 rings (SSSR count). The summed E-state index contributed by atoms with van der Waals surface area (Å²) in [4.78, 5) is 10.9. The lowest BCUT2D eigenvalue weighted by atomic mass is 10.0. The van der Waals surface area contributed by atoms with Gasteiger partial charge in [0, 0.05) is 12.1 Å². The lowest BCUT2D eigenvalue weighted by Gasteiger charge is -2.22. The van der Waals surface area contributed by atoms with Crippen LogP contribution in [0.3, 0.4) is 0 Å². The highest BCUT2D eigenvalue weighted by atomic mass is 16.4. The predicted octanol–water partition coefficient (Wildman–Crippen LogP) is 2.02. The van der Waals surface area contributed by atoms with Crippen LogP contribution in [0.2, 0.25) is 0 Å². The summed E-state index contributed by atoms with van der Waals surface area (Å²) < 4.78 is 0. The van der Waals surface area contributed by atoms with Crippen molar-refractivity contribution in [3.05, 3.63) is 0 Å². The van der Waals surface area contributed by atoms with Gasteiger partial charge in [-0.2, -0.15) is 0 Å². The quantitative estimate of drug-likeness (QED) is 0.712. The van der Waals surface area contributed by atoms with Gasteiger partial charge in [0.05, 0.1) is 5.92 Å². The number of hydrogen-bond acceptors (Lipinski definition) is 2. The number of nitrogens with one attached hydrogen (secondary N) is 1. The summed E-state index contributed by atoms with van der Waals surface area (Å²) in [6.45, 7) is 4.29. The molecule has 0 heterocycles. The molecule has 1 aliphatic rings. The normalized spacial score (nSPS) is 29.0. The Morgan fingerprint density at radius 2 is 2.29 bits per heavy atom. The second-order valence-corrected chi connectivity index (χ2v) is 4.34. The van der Waals surface area contributed by atoms with Crippen molar-refractivity contribution in [1.82, 2.24) is 5.32 Å². The minimum atomic E-state index is -0.635. The zero-order chi connectivity index (χ0) is 10.6. The van der Waals surface area contributed by atoms with E-state index in [4.69, 9.17) is 5.11 Å². The molecule has 0 amide bonds. The SMILES string of the molecule is CCCC(C)NC1CCCC1C(=O)O. The highest BCUT2D eigenvalue weighted by Crippen LogP contribution is 2.26. The molecule has 2 N–H and O–H groups in total. The molecule has 0 spiro atoms. The number of carboxylic acids is 1. The van der Waals surface area contributed by atoms with Gasteiger partial charge in [0.2, 0.25) is 0 Å². The molecule has 0 bridgehead atoms. The highest BCUT2D eigenvalue weighted by Gasteiger charge is 2.33. The number of aliphatic carboxylic acids is 1. The minimum absolute atomic E-state index is 0.158. The molecule has 3 unspecified atom stereocenters. The smallest absolute Gasteiger partial charge is 0.308 e. The molecule has 0 aromatic heterocycles. The van der Waals surface area contributed by atoms with Crippen molar-refractivity contribution in [2.45, 2.75) is 58.0 Å². The Hall–Kier alpha value is -0.570. The molecule has 3 nitrogen and oxygen atoms in total. The molecule has 1 saturated carbocycles. The van der Waals surface area contributed by atoms with E-state index in [-0.39, 0.29) is 12.0 Å². The Balaban J connectivity index is 2.39. The summed E-state index contributed by atoms with van der Waals surface area (Å²) in [7, 11) is 0. The van der Waals surface area contributed by atoms with E-state index in [1.807, 2.05) is 0 Å². The maximum Gasteiger partial charge on any atom is 0.308 e. The average Bonchev–Trinajstić information content (AvgIpc) is 2.52. The van der Waals surface area contributed by atoms with Crippen LogP contribution in [0.25, 0.3) is 0 Å². The van der Waals surface area contributed by atoms with Crippen LogP contribution in [0.4, 0.5) is 0 Å². The maximum atomic E-state index is 10.9. The summed E-state index contributed by atoms with van der Waals surface area (Å²) in [6.07, 6.45) is 5.19. The summed E-state index contributed by atoms with van der Waals surface area (Å²) >= 11 is 0. The van der Waals surface area contributed by atoms with Crippen LogP contribution in [-0.2, 0) is 4.79 Å². The Kier molecular flexibility index (Phi) is 4.39. The van der Waals surface area contributed by atoms with E-state index in [2.05, 4.69) is 19.2 Å². The van der Waals surface area contributed by atoms with Gasteiger partial charge in [-0.1, -0.05) is 19.8 Å². The second kappa shape index (κ2) is 5.35. The first-order chi connectivity index (χ1) is 6.65. The molecular formula is C11H21NO2. The van der Waals surface area contributed by atoms with Crippen LogP contribution in [0.5, 0.6) is 0 Å². The number of carboxylic acid groups (broad SMARTS) is 1. The van der Waals surface area contributed by atoms with Crippen LogP contribution in [0, 0.1) is 5.92 Å². The molecule has 82 valence electrons. The zero-order valence-corrected chi connectivity index (χ0v) is 9.12. The van der Waals surface area contributed by atoms with E-state index >= 15 is 0 Å². The molecule has 0 aliphatic heterocycles. The third kappa shape index (κ3) is 2.98. The van der Waals surface area contributed by atoms with Crippen LogP contribution < -0.4 is 5.32 Å². The van der Waals surface area contributed by atoms with Gasteiger partial charge in [0.25, 0.3) is 0 Å². The van der Waals surface area contributed by atoms with E-state index in [1.165, 1.54) is 0 Å². The van der Waals surface area contributed by atoms with E-state index in [0.717, 1.165) is 32.1 Å². The average molecular weight is 199 g/mol. The van der Waals surface area contributed by atoms with Gasteiger partial charge in [-0.25, -0.2) is 0 Å². The Morgan fingerprint density at radius 1 is 1.57 bits per heavy atom. The summed E-state index contributed by atoms with van der Waals surface area (Å²) in [6, 6.07) is 0.652. The third-order valence-electron chi connectivity index (χ3n) is 3.05. The molecular weight excluding hydrogens is 178 g/mol. The largest absolute Gasteiger partial charge is 0.481 e. The summed E-state index contributed by atoms with van der Waals surface area (Å²) in [5, 5.41) is 12.4. The number of carbonyl (C=O) groups is 1. The van der Waals surface area contributed by atoms with Gasteiger partial charge >= 0.3 is 5.97 Å². The van der Waals surface area contributed by atoms with Crippen molar-refractivity contribution in [2.24, 2.45) is 5.92 Å². The first-order valence-corrected chi connectivity index (χ1v) is 5.64. The second-order valence-electron chi connectivity index (χ2n) is 4.34. The fraction of sp³-hybridized carbons (Fsp3) is 0.909. The van der Waals surface area contributed by atoms with Crippen molar-refractivity contribution in [1.29, 1.82) is 0 Å². The van der Waals surface area contributed by atoms with Crippen molar-refractivity contribution < 1.29 is 9.90 Å². The van der Waals surface area contributed by atoms with Gasteiger partial charge in [0.15, 0.2) is 0 Å². The van der Waals surface area contributed by atoms with Gasteiger partial charge in [-0.3, -0.25) is 4.79 Å². The summed E-state index contributed by atoms with van der Waals surface area (Å²) in [5.41, 5.74) is 0. The molecule has 0 aromatic rings. The molecule has 1 aliphatic carbocycles. The van der Waals surface area contributed by atoms with E-state index < -0.39 is 5.97 Å². The van der Waals surface area contributed by atoms with Crippen molar-refractivity contribution in [3.63, 3.8) is 0 Å². The Bertz CT molecular complexity index is 194. The fourth-order valence-electron chi connectivity index (χ4n) is 2.34. The van der Waals surface area contributed by atoms with Crippen LogP contribution in [-0.4, -0.2) is 23.2 Å². The first kappa shape index (κ1) is 11.5. The van der Waals surface area contributed by atoms with E-state index in [9.17, 15) is 4.79 Å².